The van der Waals surface area contributed by atoms with Gasteiger partial charge in [-0.25, -0.2) is 8.42 Å². The van der Waals surface area contributed by atoms with Crippen LogP contribution in [0.3, 0.4) is 0 Å². The van der Waals surface area contributed by atoms with Crippen LogP contribution < -0.4 is 4.74 Å². The average molecular weight is 447 g/mol. The highest BCUT2D eigenvalue weighted by Gasteiger charge is 2.30. The fraction of sp³-hybridized carbons (Fsp3) is 0.364. The Morgan fingerprint density at radius 1 is 0.935 bits per heavy atom. The lowest BCUT2D eigenvalue weighted by Gasteiger charge is -2.33. The number of hydrogen-bond acceptors (Lipinski definition) is 6. The Kier molecular flexibility index (Phi) is 7.64. The molecule has 0 unspecified atom stereocenters. The molecule has 1 saturated heterocycles. The number of nitrogens with zero attached hydrogens (tertiary/aromatic N) is 2. The normalized spacial score (nSPS) is 14.8. The first-order valence-electron chi connectivity index (χ1n) is 10.0. The molecule has 0 bridgehead atoms. The molecule has 31 heavy (non-hydrogen) atoms. The van der Waals surface area contributed by atoms with Gasteiger partial charge in [-0.05, 0) is 36.2 Å². The Balaban J connectivity index is 1.41. The van der Waals surface area contributed by atoms with E-state index in [2.05, 4.69) is 0 Å². The summed E-state index contributed by atoms with van der Waals surface area (Å²) in [7, 11) is -1.98. The maximum atomic E-state index is 12.6. The number of methoxy groups -OCH3 is 1. The van der Waals surface area contributed by atoms with Crippen LogP contribution in [0.1, 0.15) is 12.0 Å². The van der Waals surface area contributed by atoms with Gasteiger partial charge in [-0.15, -0.1) is 0 Å². The molecular weight excluding hydrogens is 420 g/mol. The maximum absolute atomic E-state index is 12.6. The molecule has 1 fully saturated rings. The van der Waals surface area contributed by atoms with Gasteiger partial charge in [0.15, 0.2) is 6.61 Å². The first kappa shape index (κ1) is 22.8. The summed E-state index contributed by atoms with van der Waals surface area (Å²) in [5, 5.41) is 0. The number of aryl methyl sites for hydroxylation is 1. The van der Waals surface area contributed by atoms with Crippen molar-refractivity contribution >= 4 is 21.9 Å². The molecular formula is C22H26N2O6S. The van der Waals surface area contributed by atoms with Crippen LogP contribution in [0.4, 0.5) is 0 Å². The van der Waals surface area contributed by atoms with Crippen LogP contribution in [0.15, 0.2) is 59.5 Å². The quantitative estimate of drug-likeness (QED) is 0.573. The first-order chi connectivity index (χ1) is 14.9. The standard InChI is InChI=1S/C22H26N2O6S/c1-29-19-10-7-18(8-11-19)9-12-22(26)30-17-21(25)23-13-15-24(16-14-23)31(27,28)20-5-3-2-4-6-20/h2-8,10-11H,9,12-17H2,1H3. The molecule has 0 radical (unpaired) electrons. The third-order valence-electron chi connectivity index (χ3n) is 5.11. The molecule has 1 aliphatic rings. The molecule has 0 aromatic heterocycles. The first-order valence-corrected chi connectivity index (χ1v) is 11.5. The summed E-state index contributed by atoms with van der Waals surface area (Å²) in [4.78, 5) is 26.1. The molecule has 166 valence electrons. The third-order valence-corrected chi connectivity index (χ3v) is 7.02. The number of esters is 1. The summed E-state index contributed by atoms with van der Waals surface area (Å²) in [6.45, 7) is 0.582. The van der Waals surface area contributed by atoms with E-state index in [0.717, 1.165) is 11.3 Å². The Bertz CT molecular complexity index is 984. The van der Waals surface area contributed by atoms with Crippen molar-refractivity contribution in [3.8, 4) is 5.75 Å². The number of carbonyl (C=O) groups is 2. The Morgan fingerprint density at radius 3 is 2.19 bits per heavy atom. The van der Waals surface area contributed by atoms with Crippen molar-refractivity contribution < 1.29 is 27.5 Å². The summed E-state index contributed by atoms with van der Waals surface area (Å²) in [6.07, 6.45) is 0.676. The van der Waals surface area contributed by atoms with Gasteiger partial charge in [0.1, 0.15) is 5.75 Å². The van der Waals surface area contributed by atoms with Crippen molar-refractivity contribution in [1.29, 1.82) is 0 Å². The summed E-state index contributed by atoms with van der Waals surface area (Å²) < 4.78 is 36.9. The summed E-state index contributed by atoms with van der Waals surface area (Å²) in [6, 6.07) is 15.6. The molecule has 0 atom stereocenters. The molecule has 8 nitrogen and oxygen atoms in total. The van der Waals surface area contributed by atoms with Crippen LogP contribution in [0.5, 0.6) is 5.75 Å². The number of benzene rings is 2. The topological polar surface area (TPSA) is 93.2 Å². The highest BCUT2D eigenvalue weighted by molar-refractivity contribution is 7.89. The minimum atomic E-state index is -3.57. The average Bonchev–Trinajstić information content (AvgIpc) is 2.82. The SMILES string of the molecule is COc1ccc(CCC(=O)OCC(=O)N2CCN(S(=O)(=O)c3ccccc3)CC2)cc1. The van der Waals surface area contributed by atoms with Crippen molar-refractivity contribution in [3.63, 3.8) is 0 Å². The molecule has 0 saturated carbocycles. The van der Waals surface area contributed by atoms with Crippen molar-refractivity contribution in [1.82, 2.24) is 9.21 Å². The monoisotopic (exact) mass is 446 g/mol. The number of rotatable bonds is 8. The van der Waals surface area contributed by atoms with Gasteiger partial charge in [-0.1, -0.05) is 30.3 Å². The number of ether oxygens (including phenoxy) is 2. The number of piperazine rings is 1. The zero-order valence-corrected chi connectivity index (χ0v) is 18.2. The molecule has 1 amide bonds. The van der Waals surface area contributed by atoms with Crippen LogP contribution in [-0.2, 0) is 30.8 Å². The second-order valence-corrected chi connectivity index (χ2v) is 9.04. The molecule has 1 heterocycles. The van der Waals surface area contributed by atoms with E-state index in [0.29, 0.717) is 6.42 Å². The lowest BCUT2D eigenvalue weighted by molar-refractivity contribution is -0.152. The molecule has 2 aromatic rings. The van der Waals surface area contributed by atoms with Gasteiger partial charge in [-0.2, -0.15) is 4.31 Å². The van der Waals surface area contributed by atoms with E-state index >= 15 is 0 Å². The van der Waals surface area contributed by atoms with Crippen LogP contribution in [0.25, 0.3) is 0 Å². The molecule has 3 rings (SSSR count). The van der Waals surface area contributed by atoms with E-state index in [9.17, 15) is 18.0 Å². The Morgan fingerprint density at radius 2 is 1.58 bits per heavy atom. The fourth-order valence-corrected chi connectivity index (χ4v) is 4.71. The predicted molar refractivity (Wildman–Crippen MR) is 114 cm³/mol. The number of sulfonamides is 1. The van der Waals surface area contributed by atoms with Gasteiger partial charge < -0.3 is 14.4 Å². The Labute approximate surface area is 182 Å². The molecule has 0 spiro atoms. The lowest BCUT2D eigenvalue weighted by atomic mass is 10.1. The van der Waals surface area contributed by atoms with Crippen LogP contribution >= 0.6 is 0 Å². The van der Waals surface area contributed by atoms with E-state index in [-0.39, 0.29) is 50.0 Å². The van der Waals surface area contributed by atoms with Gasteiger partial charge in [0.05, 0.1) is 12.0 Å². The van der Waals surface area contributed by atoms with Crippen molar-refractivity contribution in [3.05, 3.63) is 60.2 Å². The van der Waals surface area contributed by atoms with Gasteiger partial charge in [0.25, 0.3) is 5.91 Å². The van der Waals surface area contributed by atoms with Crippen LogP contribution in [0, 0.1) is 0 Å². The highest BCUT2D eigenvalue weighted by Crippen LogP contribution is 2.17. The lowest BCUT2D eigenvalue weighted by Crippen LogP contribution is -2.51. The molecule has 0 aliphatic carbocycles. The van der Waals surface area contributed by atoms with Crippen molar-refractivity contribution in [2.24, 2.45) is 0 Å². The Hall–Kier alpha value is -2.91. The predicted octanol–water partition coefficient (Wildman–Crippen LogP) is 1.70. The second-order valence-electron chi connectivity index (χ2n) is 7.11. The van der Waals surface area contributed by atoms with Crippen molar-refractivity contribution in [2.75, 3.05) is 39.9 Å². The smallest absolute Gasteiger partial charge is 0.306 e. The van der Waals surface area contributed by atoms with E-state index in [4.69, 9.17) is 9.47 Å². The van der Waals surface area contributed by atoms with Gasteiger partial charge in [0, 0.05) is 32.6 Å². The van der Waals surface area contributed by atoms with Crippen LogP contribution in [-0.4, -0.2) is 69.4 Å². The zero-order valence-electron chi connectivity index (χ0n) is 17.4. The van der Waals surface area contributed by atoms with Gasteiger partial charge in [-0.3, -0.25) is 9.59 Å². The summed E-state index contributed by atoms with van der Waals surface area (Å²) in [5.74, 6) is -0.0300. The number of hydrogen-bond donors (Lipinski definition) is 0. The van der Waals surface area contributed by atoms with Crippen molar-refractivity contribution in [2.45, 2.75) is 17.7 Å². The molecule has 2 aromatic carbocycles. The zero-order chi connectivity index (χ0) is 22.3. The largest absolute Gasteiger partial charge is 0.497 e. The second kappa shape index (κ2) is 10.4. The van der Waals surface area contributed by atoms with E-state index < -0.39 is 16.0 Å². The molecule has 1 aliphatic heterocycles. The summed E-state index contributed by atoms with van der Waals surface area (Å²) >= 11 is 0. The minimum Gasteiger partial charge on any atom is -0.497 e. The molecule has 9 heteroatoms. The maximum Gasteiger partial charge on any atom is 0.306 e. The van der Waals surface area contributed by atoms with E-state index in [1.807, 2.05) is 24.3 Å². The highest BCUT2D eigenvalue weighted by atomic mass is 32.2. The minimum absolute atomic E-state index is 0.169. The summed E-state index contributed by atoms with van der Waals surface area (Å²) in [5.41, 5.74) is 0.972. The number of amides is 1. The third kappa shape index (κ3) is 6.05. The van der Waals surface area contributed by atoms with E-state index in [1.165, 1.54) is 9.21 Å². The van der Waals surface area contributed by atoms with Gasteiger partial charge >= 0.3 is 5.97 Å². The van der Waals surface area contributed by atoms with Crippen LogP contribution in [0.2, 0.25) is 0 Å². The molecule has 0 N–H and O–H groups in total. The fourth-order valence-electron chi connectivity index (χ4n) is 3.26. The number of carbonyl (C=O) groups excluding carboxylic acids is 2. The van der Waals surface area contributed by atoms with E-state index in [1.54, 1.807) is 37.4 Å². The van der Waals surface area contributed by atoms with Gasteiger partial charge in [0.2, 0.25) is 10.0 Å².